The maximum Gasteiger partial charge on any atom is 0.243 e. The summed E-state index contributed by atoms with van der Waals surface area (Å²) in [4.78, 5) is 2.34. The first-order valence-corrected chi connectivity index (χ1v) is 10.2. The van der Waals surface area contributed by atoms with Crippen molar-refractivity contribution in [2.24, 2.45) is 0 Å². The SMILES string of the molecule is CC(C)(C)c1ccc(N2CCN(S(=O)(=O)c3ccc(F)cc3)CC2)cc1. The van der Waals surface area contributed by atoms with Crippen LogP contribution in [-0.4, -0.2) is 38.9 Å². The van der Waals surface area contributed by atoms with Gasteiger partial charge in [-0.1, -0.05) is 32.9 Å². The Hall–Kier alpha value is -1.92. The molecule has 1 fully saturated rings. The maximum atomic E-state index is 13.0. The number of benzene rings is 2. The van der Waals surface area contributed by atoms with Crippen LogP contribution in [0.1, 0.15) is 26.3 Å². The van der Waals surface area contributed by atoms with Crippen LogP contribution in [0.5, 0.6) is 0 Å². The lowest BCUT2D eigenvalue weighted by Crippen LogP contribution is -2.48. The molecule has 26 heavy (non-hydrogen) atoms. The lowest BCUT2D eigenvalue weighted by atomic mass is 9.87. The third kappa shape index (κ3) is 3.91. The lowest BCUT2D eigenvalue weighted by Gasteiger charge is -2.35. The van der Waals surface area contributed by atoms with Crippen molar-refractivity contribution in [2.45, 2.75) is 31.1 Å². The van der Waals surface area contributed by atoms with Crippen molar-refractivity contribution >= 4 is 15.7 Å². The highest BCUT2D eigenvalue weighted by atomic mass is 32.2. The third-order valence-corrected chi connectivity index (χ3v) is 6.70. The number of nitrogens with zero attached hydrogens (tertiary/aromatic N) is 2. The van der Waals surface area contributed by atoms with E-state index >= 15 is 0 Å². The van der Waals surface area contributed by atoms with Gasteiger partial charge in [-0.15, -0.1) is 0 Å². The van der Waals surface area contributed by atoms with Crippen molar-refractivity contribution in [1.82, 2.24) is 4.31 Å². The molecule has 0 atom stereocenters. The van der Waals surface area contributed by atoms with Gasteiger partial charge in [0, 0.05) is 31.9 Å². The van der Waals surface area contributed by atoms with Gasteiger partial charge in [-0.2, -0.15) is 4.31 Å². The summed E-state index contributed by atoms with van der Waals surface area (Å²) in [5, 5.41) is 0. The Kier molecular flexibility index (Phi) is 5.08. The number of hydrogen-bond acceptors (Lipinski definition) is 3. The third-order valence-electron chi connectivity index (χ3n) is 4.79. The van der Waals surface area contributed by atoms with Gasteiger partial charge < -0.3 is 4.90 Å². The summed E-state index contributed by atoms with van der Waals surface area (Å²) in [5.41, 5.74) is 2.50. The molecule has 140 valence electrons. The number of rotatable bonds is 3. The minimum Gasteiger partial charge on any atom is -0.369 e. The summed E-state index contributed by atoms with van der Waals surface area (Å²) in [6.45, 7) is 8.65. The summed E-state index contributed by atoms with van der Waals surface area (Å²) >= 11 is 0. The number of piperazine rings is 1. The van der Waals surface area contributed by atoms with Crippen LogP contribution in [0.4, 0.5) is 10.1 Å². The van der Waals surface area contributed by atoms with Gasteiger partial charge in [0.2, 0.25) is 10.0 Å². The molecule has 0 radical (unpaired) electrons. The van der Waals surface area contributed by atoms with E-state index in [1.807, 2.05) is 0 Å². The summed E-state index contributed by atoms with van der Waals surface area (Å²) in [5.74, 6) is -0.438. The maximum absolute atomic E-state index is 13.0. The van der Waals surface area contributed by atoms with Crippen molar-refractivity contribution in [3.63, 3.8) is 0 Å². The number of sulfonamides is 1. The summed E-state index contributed by atoms with van der Waals surface area (Å²) < 4.78 is 39.9. The standard InChI is InChI=1S/C20H25FN2O2S/c1-20(2,3)16-4-8-18(9-5-16)22-12-14-23(15-13-22)26(24,25)19-10-6-17(21)7-11-19/h4-11H,12-15H2,1-3H3. The van der Waals surface area contributed by atoms with Gasteiger partial charge in [0.15, 0.2) is 0 Å². The molecule has 6 heteroatoms. The van der Waals surface area contributed by atoms with Crippen LogP contribution < -0.4 is 4.90 Å². The van der Waals surface area contributed by atoms with Crippen molar-refractivity contribution in [3.05, 3.63) is 59.9 Å². The van der Waals surface area contributed by atoms with E-state index in [0.717, 1.165) is 5.69 Å². The zero-order valence-corrected chi connectivity index (χ0v) is 16.3. The quantitative estimate of drug-likeness (QED) is 0.821. The fourth-order valence-electron chi connectivity index (χ4n) is 3.11. The molecule has 0 aromatic heterocycles. The average molecular weight is 376 g/mol. The minimum atomic E-state index is -3.57. The van der Waals surface area contributed by atoms with E-state index in [2.05, 4.69) is 49.9 Å². The van der Waals surface area contributed by atoms with E-state index in [-0.39, 0.29) is 10.3 Å². The second kappa shape index (κ2) is 7.00. The second-order valence-electron chi connectivity index (χ2n) is 7.64. The average Bonchev–Trinajstić information content (AvgIpc) is 2.62. The predicted molar refractivity (Wildman–Crippen MR) is 103 cm³/mol. The lowest BCUT2D eigenvalue weighted by molar-refractivity contribution is 0.385. The molecule has 0 aliphatic carbocycles. The summed E-state index contributed by atoms with van der Waals surface area (Å²) in [7, 11) is -3.57. The molecule has 2 aromatic rings. The van der Waals surface area contributed by atoms with Crippen LogP contribution in [0, 0.1) is 5.82 Å². The molecule has 1 saturated heterocycles. The second-order valence-corrected chi connectivity index (χ2v) is 9.58. The molecule has 0 N–H and O–H groups in total. The minimum absolute atomic E-state index is 0.112. The van der Waals surface area contributed by atoms with E-state index in [9.17, 15) is 12.8 Å². The Labute approximate surface area is 155 Å². The van der Waals surface area contributed by atoms with Gasteiger partial charge in [-0.05, 0) is 47.4 Å². The largest absolute Gasteiger partial charge is 0.369 e. The zero-order valence-electron chi connectivity index (χ0n) is 15.4. The number of hydrogen-bond donors (Lipinski definition) is 0. The highest BCUT2D eigenvalue weighted by Gasteiger charge is 2.28. The molecule has 1 heterocycles. The van der Waals surface area contributed by atoms with E-state index in [0.29, 0.717) is 26.2 Å². The zero-order chi connectivity index (χ0) is 18.9. The van der Waals surface area contributed by atoms with Crippen molar-refractivity contribution in [3.8, 4) is 0 Å². The van der Waals surface area contributed by atoms with Crippen molar-refractivity contribution in [1.29, 1.82) is 0 Å². The van der Waals surface area contributed by atoms with E-state index < -0.39 is 15.8 Å². The van der Waals surface area contributed by atoms with Crippen LogP contribution in [-0.2, 0) is 15.4 Å². The van der Waals surface area contributed by atoms with Gasteiger partial charge in [-0.25, -0.2) is 12.8 Å². The van der Waals surface area contributed by atoms with Gasteiger partial charge >= 0.3 is 0 Å². The predicted octanol–water partition coefficient (Wildman–Crippen LogP) is 3.63. The van der Waals surface area contributed by atoms with Crippen LogP contribution in [0.15, 0.2) is 53.4 Å². The molecule has 3 rings (SSSR count). The van der Waals surface area contributed by atoms with Gasteiger partial charge in [0.05, 0.1) is 4.90 Å². The highest BCUT2D eigenvalue weighted by Crippen LogP contribution is 2.26. The van der Waals surface area contributed by atoms with Crippen LogP contribution in [0.3, 0.4) is 0 Å². The molecular weight excluding hydrogens is 351 g/mol. The first-order chi connectivity index (χ1) is 12.2. The van der Waals surface area contributed by atoms with Gasteiger partial charge in [0.1, 0.15) is 5.82 Å². The Bertz CT molecular complexity index is 848. The van der Waals surface area contributed by atoms with Gasteiger partial charge in [0.25, 0.3) is 0 Å². The summed E-state index contributed by atoms with van der Waals surface area (Å²) in [6, 6.07) is 13.5. The highest BCUT2D eigenvalue weighted by molar-refractivity contribution is 7.89. The van der Waals surface area contributed by atoms with E-state index in [1.54, 1.807) is 0 Å². The molecule has 0 unspecified atom stereocenters. The number of halogens is 1. The molecule has 1 aliphatic heterocycles. The Morgan fingerprint density at radius 3 is 1.88 bits per heavy atom. The van der Waals surface area contributed by atoms with Crippen molar-refractivity contribution < 1.29 is 12.8 Å². The Balaban J connectivity index is 1.68. The molecule has 4 nitrogen and oxygen atoms in total. The molecular formula is C20H25FN2O2S. The van der Waals surface area contributed by atoms with Crippen LogP contribution in [0.25, 0.3) is 0 Å². The first-order valence-electron chi connectivity index (χ1n) is 8.79. The van der Waals surface area contributed by atoms with Crippen molar-refractivity contribution in [2.75, 3.05) is 31.1 Å². The number of anilines is 1. The van der Waals surface area contributed by atoms with Crippen LogP contribution in [0.2, 0.25) is 0 Å². The Morgan fingerprint density at radius 2 is 1.38 bits per heavy atom. The van der Waals surface area contributed by atoms with E-state index in [4.69, 9.17) is 0 Å². The normalized spacial score (nSPS) is 16.7. The molecule has 1 aliphatic rings. The van der Waals surface area contributed by atoms with Gasteiger partial charge in [-0.3, -0.25) is 0 Å². The summed E-state index contributed by atoms with van der Waals surface area (Å²) in [6.07, 6.45) is 0. The molecule has 0 saturated carbocycles. The molecule has 2 aromatic carbocycles. The topological polar surface area (TPSA) is 40.6 Å². The Morgan fingerprint density at radius 1 is 0.846 bits per heavy atom. The fraction of sp³-hybridized carbons (Fsp3) is 0.400. The first kappa shape index (κ1) is 18.9. The molecule has 0 spiro atoms. The van der Waals surface area contributed by atoms with Crippen LogP contribution >= 0.6 is 0 Å². The van der Waals surface area contributed by atoms with E-state index in [1.165, 1.54) is 34.1 Å². The monoisotopic (exact) mass is 376 g/mol. The molecule has 0 amide bonds. The molecule has 0 bridgehead atoms. The fourth-order valence-corrected chi connectivity index (χ4v) is 4.54. The smallest absolute Gasteiger partial charge is 0.243 e.